The van der Waals surface area contributed by atoms with Gasteiger partial charge in [0.1, 0.15) is 17.5 Å². The Hall–Kier alpha value is -2.35. The molecule has 0 spiro atoms. The number of nitrogens with two attached hydrogens (primary N) is 1. The van der Waals surface area contributed by atoms with Crippen LogP contribution in [-0.4, -0.2) is 17.1 Å². The average Bonchev–Trinajstić information content (AvgIpc) is 2.27. The molecule has 86 valence electrons. The molecule has 2 heterocycles. The summed E-state index contributed by atoms with van der Waals surface area (Å²) in [4.78, 5) is 8.43. The number of aryl methyl sites for hydroxylation is 2. The number of hydrogen-bond donors (Lipinski definition) is 1. The van der Waals surface area contributed by atoms with Crippen molar-refractivity contribution >= 4 is 16.7 Å². The highest BCUT2D eigenvalue weighted by atomic mass is 16.5. The van der Waals surface area contributed by atoms with Crippen molar-refractivity contribution in [2.75, 3.05) is 12.8 Å². The predicted octanol–water partition coefficient (Wildman–Crippen LogP) is 1.71. The van der Waals surface area contributed by atoms with Crippen LogP contribution in [0.1, 0.15) is 16.8 Å². The Labute approximate surface area is 98.9 Å². The van der Waals surface area contributed by atoms with Crippen LogP contribution in [0.25, 0.3) is 10.9 Å². The summed E-state index contributed by atoms with van der Waals surface area (Å²) in [6.07, 6.45) is 0. The summed E-state index contributed by atoms with van der Waals surface area (Å²) >= 11 is 0. The third-order valence-electron chi connectivity index (χ3n) is 2.58. The van der Waals surface area contributed by atoms with Crippen LogP contribution in [0.15, 0.2) is 6.07 Å². The van der Waals surface area contributed by atoms with Crippen molar-refractivity contribution in [2.24, 2.45) is 0 Å². The minimum Gasteiger partial charge on any atom is -0.480 e. The first-order valence-electron chi connectivity index (χ1n) is 5.10. The summed E-state index contributed by atoms with van der Waals surface area (Å²) in [5, 5.41) is 9.85. The van der Waals surface area contributed by atoms with Gasteiger partial charge in [0.25, 0.3) is 0 Å². The van der Waals surface area contributed by atoms with Gasteiger partial charge in [0.15, 0.2) is 0 Å². The van der Waals surface area contributed by atoms with Gasteiger partial charge in [-0.3, -0.25) is 4.98 Å². The Morgan fingerprint density at radius 3 is 2.65 bits per heavy atom. The van der Waals surface area contributed by atoms with Crippen LogP contribution < -0.4 is 10.5 Å². The molecule has 0 saturated carbocycles. The number of nitrogens with zero attached hydrogens (tertiary/aromatic N) is 3. The molecule has 2 aromatic rings. The van der Waals surface area contributed by atoms with Crippen molar-refractivity contribution in [3.63, 3.8) is 0 Å². The molecule has 0 fully saturated rings. The zero-order valence-electron chi connectivity index (χ0n) is 9.90. The Bertz CT molecular complexity index is 643. The van der Waals surface area contributed by atoms with E-state index in [0.717, 1.165) is 16.6 Å². The Morgan fingerprint density at radius 2 is 2.06 bits per heavy atom. The van der Waals surface area contributed by atoms with E-state index in [9.17, 15) is 0 Å². The summed E-state index contributed by atoms with van der Waals surface area (Å²) in [5.41, 5.74) is 8.37. The van der Waals surface area contributed by atoms with Gasteiger partial charge in [0.05, 0.1) is 18.0 Å². The fourth-order valence-corrected chi connectivity index (χ4v) is 1.89. The molecular formula is C12H12N4O. The van der Waals surface area contributed by atoms with Gasteiger partial charge in [-0.1, -0.05) is 0 Å². The molecule has 0 bridgehead atoms. The van der Waals surface area contributed by atoms with Crippen molar-refractivity contribution in [1.82, 2.24) is 9.97 Å². The fourth-order valence-electron chi connectivity index (χ4n) is 1.89. The van der Waals surface area contributed by atoms with Crippen molar-refractivity contribution in [3.8, 4) is 11.9 Å². The van der Waals surface area contributed by atoms with Crippen LogP contribution in [0, 0.1) is 25.2 Å². The first kappa shape index (κ1) is 11.1. The fraction of sp³-hybridized carbons (Fsp3) is 0.250. The van der Waals surface area contributed by atoms with Crippen molar-refractivity contribution in [3.05, 3.63) is 22.9 Å². The van der Waals surface area contributed by atoms with Crippen molar-refractivity contribution < 1.29 is 4.74 Å². The molecule has 0 radical (unpaired) electrons. The molecular weight excluding hydrogens is 216 g/mol. The van der Waals surface area contributed by atoms with Crippen LogP contribution >= 0.6 is 0 Å². The van der Waals surface area contributed by atoms with E-state index in [0.29, 0.717) is 17.0 Å². The number of fused-ring (bicyclic) bond motifs is 1. The molecule has 17 heavy (non-hydrogen) atoms. The Kier molecular flexibility index (Phi) is 2.56. The number of pyridine rings is 2. The van der Waals surface area contributed by atoms with E-state index in [1.54, 1.807) is 0 Å². The molecule has 5 nitrogen and oxygen atoms in total. The van der Waals surface area contributed by atoms with Crippen LogP contribution in [0.4, 0.5) is 5.82 Å². The molecule has 2 N–H and O–H groups in total. The molecule has 0 aliphatic carbocycles. The largest absolute Gasteiger partial charge is 0.480 e. The molecule has 0 aromatic carbocycles. The first-order valence-corrected chi connectivity index (χ1v) is 5.10. The molecule has 5 heteroatoms. The number of ether oxygens (including phenoxy) is 1. The van der Waals surface area contributed by atoms with Crippen molar-refractivity contribution in [1.29, 1.82) is 5.26 Å². The molecule has 0 amide bonds. The van der Waals surface area contributed by atoms with Gasteiger partial charge in [-0.2, -0.15) is 10.2 Å². The number of hydrogen-bond acceptors (Lipinski definition) is 5. The van der Waals surface area contributed by atoms with Gasteiger partial charge in [-0.15, -0.1) is 0 Å². The molecule has 0 aliphatic heterocycles. The summed E-state index contributed by atoms with van der Waals surface area (Å²) in [6, 6.07) is 3.96. The van der Waals surface area contributed by atoms with Crippen LogP contribution in [0.3, 0.4) is 0 Å². The summed E-state index contributed by atoms with van der Waals surface area (Å²) in [6.45, 7) is 3.80. The van der Waals surface area contributed by atoms with E-state index in [-0.39, 0.29) is 5.82 Å². The predicted molar refractivity (Wildman–Crippen MR) is 64.7 cm³/mol. The number of nitrogen functional groups attached to an aromatic ring is 1. The van der Waals surface area contributed by atoms with Gasteiger partial charge < -0.3 is 10.5 Å². The van der Waals surface area contributed by atoms with Gasteiger partial charge in [0.2, 0.25) is 5.88 Å². The quantitative estimate of drug-likeness (QED) is 0.803. The van der Waals surface area contributed by atoms with Gasteiger partial charge in [-0.05, 0) is 25.5 Å². The lowest BCUT2D eigenvalue weighted by molar-refractivity contribution is 0.404. The molecule has 0 aliphatic rings. The molecule has 0 unspecified atom stereocenters. The average molecular weight is 228 g/mol. The second-order valence-corrected chi connectivity index (χ2v) is 3.80. The SMILES string of the molecule is COc1nc(N)c(C#N)c2nc(C)cc(C)c12. The van der Waals surface area contributed by atoms with E-state index in [2.05, 4.69) is 9.97 Å². The second kappa shape index (κ2) is 3.91. The first-order chi connectivity index (χ1) is 8.08. The molecule has 2 rings (SSSR count). The maximum Gasteiger partial charge on any atom is 0.225 e. The second-order valence-electron chi connectivity index (χ2n) is 3.80. The highest BCUT2D eigenvalue weighted by Crippen LogP contribution is 2.31. The third kappa shape index (κ3) is 1.64. The number of anilines is 1. The van der Waals surface area contributed by atoms with E-state index in [1.165, 1.54) is 7.11 Å². The normalized spacial score (nSPS) is 10.2. The maximum atomic E-state index is 9.11. The van der Waals surface area contributed by atoms with Crippen LogP contribution in [-0.2, 0) is 0 Å². The van der Waals surface area contributed by atoms with Gasteiger partial charge >= 0.3 is 0 Å². The number of nitriles is 1. The highest BCUT2D eigenvalue weighted by molar-refractivity contribution is 5.93. The lowest BCUT2D eigenvalue weighted by Gasteiger charge is -2.10. The zero-order chi connectivity index (χ0) is 12.6. The van der Waals surface area contributed by atoms with Crippen LogP contribution in [0.5, 0.6) is 5.88 Å². The smallest absolute Gasteiger partial charge is 0.225 e. The lowest BCUT2D eigenvalue weighted by Crippen LogP contribution is -2.02. The number of aromatic nitrogens is 2. The molecule has 0 atom stereocenters. The number of rotatable bonds is 1. The molecule has 0 saturated heterocycles. The maximum absolute atomic E-state index is 9.11. The standard InChI is InChI=1S/C12H12N4O/c1-6-4-7(2)15-10-8(5-13)11(14)16-12(17-3)9(6)10/h4H,1-3H3,(H2,14,16). The van der Waals surface area contributed by atoms with E-state index in [4.69, 9.17) is 15.7 Å². The Morgan fingerprint density at radius 1 is 1.35 bits per heavy atom. The van der Waals surface area contributed by atoms with Gasteiger partial charge in [0, 0.05) is 5.69 Å². The lowest BCUT2D eigenvalue weighted by atomic mass is 10.1. The monoisotopic (exact) mass is 228 g/mol. The third-order valence-corrected chi connectivity index (χ3v) is 2.58. The van der Waals surface area contributed by atoms with Crippen molar-refractivity contribution in [2.45, 2.75) is 13.8 Å². The zero-order valence-corrected chi connectivity index (χ0v) is 9.90. The minimum absolute atomic E-state index is 0.148. The van der Waals surface area contributed by atoms with E-state index >= 15 is 0 Å². The minimum atomic E-state index is 0.148. The molecule has 2 aromatic heterocycles. The van der Waals surface area contributed by atoms with Gasteiger partial charge in [-0.25, -0.2) is 0 Å². The topological polar surface area (TPSA) is 84.8 Å². The van der Waals surface area contributed by atoms with E-state index < -0.39 is 0 Å². The Balaban J connectivity index is 3.04. The highest BCUT2D eigenvalue weighted by Gasteiger charge is 2.15. The summed E-state index contributed by atoms with van der Waals surface area (Å²) < 4.78 is 5.19. The van der Waals surface area contributed by atoms with Crippen LogP contribution in [0.2, 0.25) is 0 Å². The van der Waals surface area contributed by atoms with E-state index in [1.807, 2.05) is 26.0 Å². The summed E-state index contributed by atoms with van der Waals surface area (Å²) in [7, 11) is 1.52. The number of methoxy groups -OCH3 is 1. The summed E-state index contributed by atoms with van der Waals surface area (Å²) in [5.74, 6) is 0.552.